The summed E-state index contributed by atoms with van der Waals surface area (Å²) < 4.78 is 2.05. The average molecular weight is 391 g/mol. The zero-order valence-corrected chi connectivity index (χ0v) is 16.5. The molecule has 0 unspecified atom stereocenters. The number of benzene rings is 2. The van der Waals surface area contributed by atoms with Gasteiger partial charge in [0.25, 0.3) is 0 Å². The molecule has 1 fully saturated rings. The Bertz CT molecular complexity index is 1030. The first-order valence-electron chi connectivity index (χ1n) is 9.96. The highest BCUT2D eigenvalue weighted by molar-refractivity contribution is 6.00. The molecule has 1 saturated heterocycles. The van der Waals surface area contributed by atoms with Crippen LogP contribution in [0.15, 0.2) is 48.5 Å². The van der Waals surface area contributed by atoms with Crippen LogP contribution >= 0.6 is 0 Å². The molecule has 0 aliphatic carbocycles. The number of aryl methyl sites for hydroxylation is 1. The first kappa shape index (κ1) is 19.0. The molecule has 2 aromatic carbocycles. The molecule has 150 valence electrons. The van der Waals surface area contributed by atoms with E-state index in [9.17, 15) is 9.59 Å². The van der Waals surface area contributed by atoms with E-state index in [0.717, 1.165) is 41.9 Å². The summed E-state index contributed by atoms with van der Waals surface area (Å²) in [5.74, 6) is 1.18. The van der Waals surface area contributed by atoms with Crippen LogP contribution in [0.4, 0.5) is 16.2 Å². The fourth-order valence-electron chi connectivity index (χ4n) is 3.70. The molecule has 3 aromatic rings. The second-order valence-corrected chi connectivity index (χ2v) is 7.32. The van der Waals surface area contributed by atoms with Crippen LogP contribution in [0.2, 0.25) is 0 Å². The van der Waals surface area contributed by atoms with E-state index in [4.69, 9.17) is 4.98 Å². The number of piperidine rings is 1. The number of rotatable bonds is 5. The number of urea groups is 1. The Kier molecular flexibility index (Phi) is 5.46. The summed E-state index contributed by atoms with van der Waals surface area (Å²) in [5.41, 5.74) is 3.24. The molecule has 0 saturated carbocycles. The van der Waals surface area contributed by atoms with E-state index in [1.54, 1.807) is 0 Å². The topological polar surface area (TPSA) is 79.3 Å². The van der Waals surface area contributed by atoms with E-state index in [1.165, 1.54) is 0 Å². The molecule has 4 rings (SSSR count). The number of anilines is 2. The van der Waals surface area contributed by atoms with Crippen LogP contribution in [0, 0.1) is 0 Å². The van der Waals surface area contributed by atoms with Crippen LogP contribution in [0.25, 0.3) is 11.0 Å². The number of amides is 3. The van der Waals surface area contributed by atoms with Crippen molar-refractivity contribution in [2.24, 2.45) is 7.05 Å². The second kappa shape index (κ2) is 8.34. The van der Waals surface area contributed by atoms with Crippen molar-refractivity contribution in [2.45, 2.75) is 25.7 Å². The predicted molar refractivity (Wildman–Crippen MR) is 114 cm³/mol. The lowest BCUT2D eigenvalue weighted by Gasteiger charge is -2.26. The Morgan fingerprint density at radius 2 is 1.86 bits per heavy atom. The zero-order chi connectivity index (χ0) is 20.2. The minimum atomic E-state index is -0.296. The first-order chi connectivity index (χ1) is 14.1. The van der Waals surface area contributed by atoms with Crippen molar-refractivity contribution >= 4 is 34.3 Å². The Hall–Kier alpha value is -3.35. The highest BCUT2D eigenvalue weighted by Crippen LogP contribution is 2.21. The molecule has 0 atom stereocenters. The standard InChI is InChI=1S/C22H25N5O2/c1-26-19-11-10-17(24-22(29)23-16-7-3-2-4-8-16)15-18(19)25-20(26)12-14-27-13-6-5-9-21(27)28/h2-4,7-8,10-11,15H,5-6,9,12-14H2,1H3,(H2,23,24,29). The molecule has 29 heavy (non-hydrogen) atoms. The molecule has 7 nitrogen and oxygen atoms in total. The highest BCUT2D eigenvalue weighted by Gasteiger charge is 2.18. The van der Waals surface area contributed by atoms with Gasteiger partial charge < -0.3 is 20.1 Å². The molecule has 0 spiro atoms. The maximum absolute atomic E-state index is 12.2. The van der Waals surface area contributed by atoms with Crippen molar-refractivity contribution in [3.63, 3.8) is 0 Å². The van der Waals surface area contributed by atoms with Crippen molar-refractivity contribution in [1.29, 1.82) is 0 Å². The van der Waals surface area contributed by atoms with Crippen LogP contribution < -0.4 is 10.6 Å². The summed E-state index contributed by atoms with van der Waals surface area (Å²) >= 11 is 0. The minimum absolute atomic E-state index is 0.242. The first-order valence-corrected chi connectivity index (χ1v) is 9.96. The van der Waals surface area contributed by atoms with E-state index in [-0.39, 0.29) is 11.9 Å². The second-order valence-electron chi connectivity index (χ2n) is 7.32. The zero-order valence-electron chi connectivity index (χ0n) is 16.5. The van der Waals surface area contributed by atoms with Gasteiger partial charge in [0.05, 0.1) is 11.0 Å². The molecule has 3 amide bonds. The summed E-state index contributed by atoms with van der Waals surface area (Å²) in [5, 5.41) is 5.65. The third kappa shape index (κ3) is 4.39. The van der Waals surface area contributed by atoms with Gasteiger partial charge in [0.15, 0.2) is 0 Å². The number of para-hydroxylation sites is 1. The van der Waals surface area contributed by atoms with Crippen molar-refractivity contribution in [3.8, 4) is 0 Å². The number of likely N-dealkylation sites (tertiary alicyclic amines) is 1. The maximum atomic E-state index is 12.2. The van der Waals surface area contributed by atoms with Gasteiger partial charge in [-0.05, 0) is 43.2 Å². The number of hydrogen-bond acceptors (Lipinski definition) is 3. The fraction of sp³-hybridized carbons (Fsp3) is 0.318. The number of aromatic nitrogens is 2. The van der Waals surface area contributed by atoms with Crippen LogP contribution in [0.5, 0.6) is 0 Å². The smallest absolute Gasteiger partial charge is 0.323 e. The van der Waals surface area contributed by atoms with Crippen LogP contribution in [-0.4, -0.2) is 39.5 Å². The summed E-state index contributed by atoms with van der Waals surface area (Å²) in [6, 6.07) is 14.7. The van der Waals surface area contributed by atoms with Gasteiger partial charge in [-0.25, -0.2) is 9.78 Å². The Morgan fingerprint density at radius 1 is 1.07 bits per heavy atom. The number of carbonyl (C=O) groups is 2. The largest absolute Gasteiger partial charge is 0.342 e. The third-order valence-corrected chi connectivity index (χ3v) is 5.29. The van der Waals surface area contributed by atoms with E-state index in [0.29, 0.717) is 25.1 Å². The van der Waals surface area contributed by atoms with E-state index >= 15 is 0 Å². The van der Waals surface area contributed by atoms with Crippen LogP contribution in [-0.2, 0) is 18.3 Å². The van der Waals surface area contributed by atoms with Gasteiger partial charge in [-0.15, -0.1) is 0 Å². The quantitative estimate of drug-likeness (QED) is 0.695. The van der Waals surface area contributed by atoms with Gasteiger partial charge in [0.2, 0.25) is 5.91 Å². The molecule has 2 heterocycles. The normalized spacial score (nSPS) is 14.2. The van der Waals surface area contributed by atoms with Crippen LogP contribution in [0.3, 0.4) is 0 Å². The van der Waals surface area contributed by atoms with Gasteiger partial charge in [0, 0.05) is 44.4 Å². The van der Waals surface area contributed by atoms with Gasteiger partial charge in [0.1, 0.15) is 5.82 Å². The summed E-state index contributed by atoms with van der Waals surface area (Å²) in [4.78, 5) is 30.9. The van der Waals surface area contributed by atoms with Crippen molar-refractivity contribution in [1.82, 2.24) is 14.5 Å². The Morgan fingerprint density at radius 3 is 2.66 bits per heavy atom. The van der Waals surface area contributed by atoms with E-state index in [1.807, 2.05) is 60.5 Å². The number of nitrogens with one attached hydrogen (secondary N) is 2. The molecule has 0 bridgehead atoms. The number of imidazole rings is 1. The fourth-order valence-corrected chi connectivity index (χ4v) is 3.70. The lowest BCUT2D eigenvalue weighted by molar-refractivity contribution is -0.133. The van der Waals surface area contributed by atoms with E-state index < -0.39 is 0 Å². The summed E-state index contributed by atoms with van der Waals surface area (Å²) in [6.45, 7) is 1.54. The van der Waals surface area contributed by atoms with Gasteiger partial charge >= 0.3 is 6.03 Å². The molecule has 0 radical (unpaired) electrons. The predicted octanol–water partition coefficient (Wildman–Crippen LogP) is 3.77. The SMILES string of the molecule is Cn1c(CCN2CCCCC2=O)nc2cc(NC(=O)Nc3ccccc3)ccc21. The van der Waals surface area contributed by atoms with Gasteiger partial charge in [-0.2, -0.15) is 0 Å². The summed E-state index contributed by atoms with van der Waals surface area (Å²) in [6.07, 6.45) is 3.44. The summed E-state index contributed by atoms with van der Waals surface area (Å²) in [7, 11) is 1.98. The molecular weight excluding hydrogens is 366 g/mol. The van der Waals surface area contributed by atoms with Crippen molar-refractivity contribution in [2.75, 3.05) is 23.7 Å². The van der Waals surface area contributed by atoms with E-state index in [2.05, 4.69) is 15.2 Å². The molecule has 1 aliphatic heterocycles. The lowest BCUT2D eigenvalue weighted by atomic mass is 10.1. The average Bonchev–Trinajstić information content (AvgIpc) is 3.03. The number of fused-ring (bicyclic) bond motifs is 1. The number of hydrogen-bond donors (Lipinski definition) is 2. The molecular formula is C22H25N5O2. The van der Waals surface area contributed by atoms with Crippen molar-refractivity contribution < 1.29 is 9.59 Å². The maximum Gasteiger partial charge on any atom is 0.323 e. The Labute approximate surface area is 169 Å². The monoisotopic (exact) mass is 391 g/mol. The van der Waals surface area contributed by atoms with Gasteiger partial charge in [-0.1, -0.05) is 18.2 Å². The molecule has 7 heteroatoms. The minimum Gasteiger partial charge on any atom is -0.342 e. The third-order valence-electron chi connectivity index (χ3n) is 5.29. The van der Waals surface area contributed by atoms with Crippen molar-refractivity contribution in [3.05, 3.63) is 54.4 Å². The van der Waals surface area contributed by atoms with Gasteiger partial charge in [-0.3, -0.25) is 4.79 Å². The molecule has 2 N–H and O–H groups in total. The number of nitrogens with zero attached hydrogens (tertiary/aromatic N) is 3. The Balaban J connectivity index is 1.43. The molecule has 1 aromatic heterocycles. The number of carbonyl (C=O) groups excluding carboxylic acids is 2. The molecule has 1 aliphatic rings. The lowest BCUT2D eigenvalue weighted by Crippen LogP contribution is -2.36. The van der Waals surface area contributed by atoms with Crippen LogP contribution in [0.1, 0.15) is 25.1 Å². The highest BCUT2D eigenvalue weighted by atomic mass is 16.2.